The molecule has 0 aliphatic carbocycles. The Morgan fingerprint density at radius 1 is 1.28 bits per heavy atom. The molecule has 0 saturated carbocycles. The maximum absolute atomic E-state index is 13.4. The first-order chi connectivity index (χ1) is 8.70. The molecule has 0 aliphatic heterocycles. The van der Waals surface area contributed by atoms with Crippen molar-refractivity contribution in [3.05, 3.63) is 47.8 Å². The van der Waals surface area contributed by atoms with Gasteiger partial charge in [0.25, 0.3) is 0 Å². The van der Waals surface area contributed by atoms with Crippen molar-refractivity contribution in [2.45, 2.75) is 26.4 Å². The molecule has 1 aromatic heterocycles. The fourth-order valence-electron chi connectivity index (χ4n) is 1.74. The number of benzene rings is 1. The minimum atomic E-state index is -0.460. The molecule has 5 heteroatoms. The quantitative estimate of drug-likeness (QED) is 0.884. The second kappa shape index (κ2) is 5.62. The van der Waals surface area contributed by atoms with Crippen LogP contribution >= 0.6 is 0 Å². The maximum Gasteiger partial charge on any atom is 0.146 e. The number of rotatable bonds is 5. The minimum Gasteiger partial charge on any atom is -0.377 e. The average molecular weight is 251 g/mol. The monoisotopic (exact) mass is 251 g/mol. The normalized spacial score (nSPS) is 10.6. The van der Waals surface area contributed by atoms with Gasteiger partial charge in [0.1, 0.15) is 11.6 Å². The van der Waals surface area contributed by atoms with Crippen LogP contribution in [0.5, 0.6) is 0 Å². The largest absolute Gasteiger partial charge is 0.377 e. The summed E-state index contributed by atoms with van der Waals surface area (Å²) < 4.78 is 28.2. The zero-order chi connectivity index (χ0) is 13.0. The second-order valence-electron chi connectivity index (χ2n) is 4.02. The van der Waals surface area contributed by atoms with E-state index >= 15 is 0 Å². The molecule has 18 heavy (non-hydrogen) atoms. The van der Waals surface area contributed by atoms with E-state index in [4.69, 9.17) is 0 Å². The van der Waals surface area contributed by atoms with Crippen molar-refractivity contribution < 1.29 is 8.78 Å². The van der Waals surface area contributed by atoms with E-state index in [9.17, 15) is 8.78 Å². The number of hydrogen-bond acceptors (Lipinski definition) is 2. The summed E-state index contributed by atoms with van der Waals surface area (Å²) in [6, 6.07) is 5.22. The van der Waals surface area contributed by atoms with Crippen LogP contribution in [0.2, 0.25) is 0 Å². The number of nitrogens with one attached hydrogen (secondary N) is 1. The fourth-order valence-corrected chi connectivity index (χ4v) is 1.74. The first kappa shape index (κ1) is 12.5. The van der Waals surface area contributed by atoms with Gasteiger partial charge in [0.05, 0.1) is 17.9 Å². The number of anilines is 1. The molecule has 96 valence electrons. The Morgan fingerprint density at radius 2 is 2.11 bits per heavy atom. The van der Waals surface area contributed by atoms with Crippen LogP contribution in [0.25, 0.3) is 0 Å². The lowest BCUT2D eigenvalue weighted by atomic mass is 10.3. The molecule has 0 unspecified atom stereocenters. The maximum atomic E-state index is 13.4. The van der Waals surface area contributed by atoms with Crippen molar-refractivity contribution in [2.75, 3.05) is 5.32 Å². The lowest BCUT2D eigenvalue weighted by Gasteiger charge is -2.09. The van der Waals surface area contributed by atoms with E-state index in [0.717, 1.165) is 36.9 Å². The highest BCUT2D eigenvalue weighted by molar-refractivity contribution is 5.45. The molecule has 1 aromatic carbocycles. The summed E-state index contributed by atoms with van der Waals surface area (Å²) in [5.41, 5.74) is 1.11. The molecule has 0 bridgehead atoms. The molecule has 0 aliphatic rings. The lowest BCUT2D eigenvalue weighted by Crippen LogP contribution is -2.09. The molecule has 0 radical (unpaired) electrons. The summed E-state index contributed by atoms with van der Waals surface area (Å²) in [4.78, 5) is 0. The molecule has 3 nitrogen and oxygen atoms in total. The van der Waals surface area contributed by atoms with Crippen molar-refractivity contribution in [3.8, 4) is 0 Å². The van der Waals surface area contributed by atoms with Gasteiger partial charge in [-0.2, -0.15) is 5.10 Å². The zero-order valence-corrected chi connectivity index (χ0v) is 10.2. The summed E-state index contributed by atoms with van der Waals surface area (Å²) >= 11 is 0. The highest BCUT2D eigenvalue weighted by Gasteiger charge is 2.05. The lowest BCUT2D eigenvalue weighted by molar-refractivity contribution is 0.576. The van der Waals surface area contributed by atoms with Gasteiger partial charge < -0.3 is 5.32 Å². The Balaban J connectivity index is 2.06. The smallest absolute Gasteiger partial charge is 0.146 e. The summed E-state index contributed by atoms with van der Waals surface area (Å²) in [6.07, 6.45) is 2.68. The van der Waals surface area contributed by atoms with Crippen LogP contribution in [0.3, 0.4) is 0 Å². The van der Waals surface area contributed by atoms with Gasteiger partial charge in [-0.15, -0.1) is 0 Å². The van der Waals surface area contributed by atoms with Gasteiger partial charge in [-0.1, -0.05) is 6.92 Å². The highest BCUT2D eigenvalue weighted by atomic mass is 19.1. The van der Waals surface area contributed by atoms with Gasteiger partial charge in [-0.25, -0.2) is 8.78 Å². The van der Waals surface area contributed by atoms with Gasteiger partial charge in [0, 0.05) is 12.7 Å². The van der Waals surface area contributed by atoms with Crippen LogP contribution < -0.4 is 5.32 Å². The molecule has 0 amide bonds. The number of halogens is 2. The number of nitrogens with zero attached hydrogens (tertiary/aromatic N) is 2. The van der Waals surface area contributed by atoms with E-state index in [2.05, 4.69) is 17.3 Å². The van der Waals surface area contributed by atoms with E-state index in [0.29, 0.717) is 6.54 Å². The first-order valence-corrected chi connectivity index (χ1v) is 5.90. The molecule has 0 fully saturated rings. The number of hydrogen-bond donors (Lipinski definition) is 1. The first-order valence-electron chi connectivity index (χ1n) is 5.90. The Labute approximate surface area is 104 Å². The molecule has 2 aromatic rings. The third-order valence-corrected chi connectivity index (χ3v) is 2.63. The summed E-state index contributed by atoms with van der Waals surface area (Å²) in [5, 5.41) is 7.05. The van der Waals surface area contributed by atoms with E-state index in [-0.39, 0.29) is 5.69 Å². The summed E-state index contributed by atoms with van der Waals surface area (Å²) in [6.45, 7) is 3.29. The number of aromatic nitrogens is 2. The highest BCUT2D eigenvalue weighted by Crippen LogP contribution is 2.16. The van der Waals surface area contributed by atoms with Crippen molar-refractivity contribution >= 4 is 5.69 Å². The predicted molar refractivity (Wildman–Crippen MR) is 66.2 cm³/mol. The molecular weight excluding hydrogens is 236 g/mol. The fraction of sp³-hybridized carbons (Fsp3) is 0.308. The van der Waals surface area contributed by atoms with E-state index in [1.54, 1.807) is 6.20 Å². The molecule has 0 spiro atoms. The van der Waals surface area contributed by atoms with Crippen LogP contribution in [-0.4, -0.2) is 9.78 Å². The average Bonchev–Trinajstić information content (AvgIpc) is 2.78. The Bertz CT molecular complexity index is 523. The van der Waals surface area contributed by atoms with Crippen molar-refractivity contribution in [3.63, 3.8) is 0 Å². The van der Waals surface area contributed by atoms with E-state index in [1.807, 2.05) is 10.7 Å². The van der Waals surface area contributed by atoms with Crippen molar-refractivity contribution in [1.29, 1.82) is 0 Å². The molecule has 0 saturated heterocycles. The van der Waals surface area contributed by atoms with Crippen LogP contribution in [-0.2, 0) is 13.1 Å². The summed E-state index contributed by atoms with van der Waals surface area (Å²) in [7, 11) is 0. The van der Waals surface area contributed by atoms with E-state index in [1.165, 1.54) is 0 Å². The third kappa shape index (κ3) is 2.85. The Hall–Kier alpha value is -1.91. The standard InChI is InChI=1S/C13H15F2N3/c1-2-7-18-11(5-6-17-18)9-16-13-8-10(14)3-4-12(13)15/h3-6,8,16H,2,7,9H2,1H3. The van der Waals surface area contributed by atoms with Gasteiger partial charge in [0.15, 0.2) is 0 Å². The summed E-state index contributed by atoms with van der Waals surface area (Å²) in [5.74, 6) is -0.918. The van der Waals surface area contributed by atoms with Gasteiger partial charge in [0.2, 0.25) is 0 Å². The zero-order valence-electron chi connectivity index (χ0n) is 10.2. The Morgan fingerprint density at radius 3 is 2.89 bits per heavy atom. The molecule has 1 heterocycles. The topological polar surface area (TPSA) is 29.9 Å². The molecular formula is C13H15F2N3. The Kier molecular flexibility index (Phi) is 3.92. The molecule has 0 atom stereocenters. The molecule has 1 N–H and O–H groups in total. The number of aryl methyl sites for hydroxylation is 1. The van der Waals surface area contributed by atoms with Gasteiger partial charge >= 0.3 is 0 Å². The second-order valence-corrected chi connectivity index (χ2v) is 4.02. The van der Waals surface area contributed by atoms with Gasteiger partial charge in [-0.3, -0.25) is 4.68 Å². The van der Waals surface area contributed by atoms with Crippen molar-refractivity contribution in [2.24, 2.45) is 0 Å². The van der Waals surface area contributed by atoms with Crippen LogP contribution in [0.4, 0.5) is 14.5 Å². The molecule has 2 rings (SSSR count). The van der Waals surface area contributed by atoms with Crippen LogP contribution in [0.1, 0.15) is 19.0 Å². The van der Waals surface area contributed by atoms with Crippen LogP contribution in [0.15, 0.2) is 30.5 Å². The minimum absolute atomic E-state index is 0.166. The van der Waals surface area contributed by atoms with Crippen LogP contribution in [0, 0.1) is 11.6 Å². The third-order valence-electron chi connectivity index (χ3n) is 2.63. The van der Waals surface area contributed by atoms with Gasteiger partial charge in [-0.05, 0) is 30.7 Å². The van der Waals surface area contributed by atoms with Crippen molar-refractivity contribution in [1.82, 2.24) is 9.78 Å². The van der Waals surface area contributed by atoms with E-state index < -0.39 is 11.6 Å². The predicted octanol–water partition coefficient (Wildman–Crippen LogP) is 3.18. The SMILES string of the molecule is CCCn1nccc1CNc1cc(F)ccc1F.